The number of benzene rings is 2. The molecule has 0 aliphatic rings. The van der Waals surface area contributed by atoms with E-state index in [4.69, 9.17) is 5.26 Å². The Morgan fingerprint density at radius 2 is 1.91 bits per heavy atom. The highest BCUT2D eigenvalue weighted by atomic mass is 19.1. The molecule has 2 aromatic carbocycles. The Labute approximate surface area is 132 Å². The molecule has 23 heavy (non-hydrogen) atoms. The molecule has 0 aliphatic carbocycles. The zero-order valence-corrected chi connectivity index (χ0v) is 12.4. The Hall–Kier alpha value is -2.94. The fraction of sp³-hybridized carbons (Fsp3) is 0.176. The summed E-state index contributed by atoms with van der Waals surface area (Å²) in [5, 5.41) is 13.9. The van der Waals surface area contributed by atoms with Gasteiger partial charge in [0.25, 0.3) is 0 Å². The maximum absolute atomic E-state index is 13.5. The van der Waals surface area contributed by atoms with Crippen LogP contribution < -0.4 is 10.6 Å². The Morgan fingerprint density at radius 3 is 2.57 bits per heavy atom. The third-order valence-electron chi connectivity index (χ3n) is 3.20. The van der Waals surface area contributed by atoms with Crippen LogP contribution in [0.25, 0.3) is 0 Å². The van der Waals surface area contributed by atoms with Crippen LogP contribution >= 0.6 is 0 Å². The maximum atomic E-state index is 13.5. The monoisotopic (exact) mass is 315 g/mol. The molecule has 0 heterocycles. The predicted molar refractivity (Wildman–Crippen MR) is 83.8 cm³/mol. The number of hydrogen-bond donors (Lipinski definition) is 2. The fourth-order valence-electron chi connectivity index (χ4n) is 1.96. The second-order valence-corrected chi connectivity index (χ2v) is 5.01. The Kier molecular flexibility index (Phi) is 5.26. The van der Waals surface area contributed by atoms with Gasteiger partial charge >= 0.3 is 0 Å². The second-order valence-electron chi connectivity index (χ2n) is 5.01. The van der Waals surface area contributed by atoms with Crippen molar-refractivity contribution in [3.05, 3.63) is 59.7 Å². The highest BCUT2D eigenvalue weighted by Gasteiger charge is 2.15. The topological polar surface area (TPSA) is 64.9 Å². The van der Waals surface area contributed by atoms with Gasteiger partial charge in [0.1, 0.15) is 17.7 Å². The molecule has 0 bridgehead atoms. The molecule has 0 spiro atoms. The van der Waals surface area contributed by atoms with E-state index in [0.717, 1.165) is 23.8 Å². The molecule has 4 nitrogen and oxygen atoms in total. The molecule has 2 rings (SSSR count). The Bertz CT molecular complexity index is 738. The molecule has 0 saturated carbocycles. The van der Waals surface area contributed by atoms with Gasteiger partial charge in [0.2, 0.25) is 5.91 Å². The fourth-order valence-corrected chi connectivity index (χ4v) is 1.96. The van der Waals surface area contributed by atoms with Crippen molar-refractivity contribution in [3.63, 3.8) is 0 Å². The number of nitrogens with zero attached hydrogens (tertiary/aromatic N) is 1. The lowest BCUT2D eigenvalue weighted by atomic mass is 10.1. The predicted octanol–water partition coefficient (Wildman–Crippen LogP) is 3.47. The molecule has 6 heteroatoms. The van der Waals surface area contributed by atoms with Crippen molar-refractivity contribution in [1.29, 1.82) is 5.26 Å². The molecule has 1 unspecified atom stereocenters. The highest BCUT2D eigenvalue weighted by molar-refractivity contribution is 5.96. The van der Waals surface area contributed by atoms with Crippen LogP contribution in [0.3, 0.4) is 0 Å². The summed E-state index contributed by atoms with van der Waals surface area (Å²) in [6.07, 6.45) is 0.315. The molecule has 1 atom stereocenters. The SMILES string of the molecule is CC(Nc1ccc(CC#N)cc1)C(=O)Nc1cc(F)ccc1F. The number of carbonyl (C=O) groups is 1. The average Bonchev–Trinajstić information content (AvgIpc) is 2.53. The molecule has 2 aromatic rings. The molecule has 0 radical (unpaired) electrons. The number of nitriles is 1. The minimum Gasteiger partial charge on any atom is -0.374 e. The largest absolute Gasteiger partial charge is 0.374 e. The third-order valence-corrected chi connectivity index (χ3v) is 3.20. The first-order valence-corrected chi connectivity index (χ1v) is 6.98. The molecule has 0 fully saturated rings. The van der Waals surface area contributed by atoms with E-state index in [2.05, 4.69) is 10.6 Å². The quantitative estimate of drug-likeness (QED) is 0.888. The van der Waals surface area contributed by atoms with Gasteiger partial charge in [0.05, 0.1) is 18.2 Å². The first-order chi connectivity index (χ1) is 11.0. The molecule has 0 aromatic heterocycles. The molecule has 118 valence electrons. The van der Waals surface area contributed by atoms with Gasteiger partial charge in [-0.25, -0.2) is 8.78 Å². The van der Waals surface area contributed by atoms with Crippen LogP contribution in [-0.2, 0) is 11.2 Å². The zero-order valence-electron chi connectivity index (χ0n) is 12.4. The van der Waals surface area contributed by atoms with E-state index in [1.165, 1.54) is 0 Å². The molecular formula is C17H15F2N3O. The number of anilines is 2. The van der Waals surface area contributed by atoms with E-state index < -0.39 is 23.6 Å². The van der Waals surface area contributed by atoms with E-state index in [1.54, 1.807) is 31.2 Å². The van der Waals surface area contributed by atoms with Crippen molar-refractivity contribution >= 4 is 17.3 Å². The second kappa shape index (κ2) is 7.36. The van der Waals surface area contributed by atoms with Crippen LogP contribution in [0.1, 0.15) is 12.5 Å². The summed E-state index contributed by atoms with van der Waals surface area (Å²) < 4.78 is 26.6. The smallest absolute Gasteiger partial charge is 0.246 e. The van der Waals surface area contributed by atoms with E-state index in [-0.39, 0.29) is 5.69 Å². The van der Waals surface area contributed by atoms with E-state index in [0.29, 0.717) is 12.1 Å². The van der Waals surface area contributed by atoms with Crippen LogP contribution in [0.5, 0.6) is 0 Å². The van der Waals surface area contributed by atoms with Gasteiger partial charge in [0.15, 0.2) is 0 Å². The van der Waals surface area contributed by atoms with Crippen molar-refractivity contribution < 1.29 is 13.6 Å². The van der Waals surface area contributed by atoms with Crippen molar-refractivity contribution in [1.82, 2.24) is 0 Å². The summed E-state index contributed by atoms with van der Waals surface area (Å²) in [5.41, 5.74) is 1.36. The van der Waals surface area contributed by atoms with E-state index in [9.17, 15) is 13.6 Å². The first kappa shape index (κ1) is 16.4. The lowest BCUT2D eigenvalue weighted by Gasteiger charge is -2.16. The minimum atomic E-state index is -0.701. The van der Waals surface area contributed by atoms with Crippen LogP contribution in [0, 0.1) is 23.0 Å². The van der Waals surface area contributed by atoms with Crippen molar-refractivity contribution in [2.75, 3.05) is 10.6 Å². The maximum Gasteiger partial charge on any atom is 0.246 e. The van der Waals surface area contributed by atoms with Gasteiger partial charge in [-0.2, -0.15) is 5.26 Å². The van der Waals surface area contributed by atoms with Crippen LogP contribution in [0.4, 0.5) is 20.2 Å². The van der Waals surface area contributed by atoms with Crippen LogP contribution in [-0.4, -0.2) is 11.9 Å². The molecule has 2 N–H and O–H groups in total. The van der Waals surface area contributed by atoms with Crippen LogP contribution in [0.15, 0.2) is 42.5 Å². The van der Waals surface area contributed by atoms with Gasteiger partial charge < -0.3 is 10.6 Å². The number of rotatable bonds is 5. The van der Waals surface area contributed by atoms with Crippen LogP contribution in [0.2, 0.25) is 0 Å². The van der Waals surface area contributed by atoms with Crippen molar-refractivity contribution in [2.45, 2.75) is 19.4 Å². The Morgan fingerprint density at radius 1 is 1.22 bits per heavy atom. The summed E-state index contributed by atoms with van der Waals surface area (Å²) in [6.45, 7) is 1.61. The normalized spacial score (nSPS) is 11.4. The summed E-state index contributed by atoms with van der Waals surface area (Å²) in [4.78, 5) is 12.0. The van der Waals surface area contributed by atoms with E-state index in [1.807, 2.05) is 6.07 Å². The minimum absolute atomic E-state index is 0.201. The summed E-state index contributed by atoms with van der Waals surface area (Å²) >= 11 is 0. The summed E-state index contributed by atoms with van der Waals surface area (Å²) in [5.74, 6) is -1.82. The van der Waals surface area contributed by atoms with Gasteiger partial charge in [0, 0.05) is 11.8 Å². The number of carbonyl (C=O) groups excluding carboxylic acids is 1. The average molecular weight is 315 g/mol. The third kappa shape index (κ3) is 4.51. The molecule has 1 amide bonds. The zero-order chi connectivity index (χ0) is 16.8. The molecular weight excluding hydrogens is 300 g/mol. The molecule has 0 aliphatic heterocycles. The Balaban J connectivity index is 1.99. The standard InChI is InChI=1S/C17H15F2N3O/c1-11(21-14-5-2-12(3-6-14)8-9-20)17(23)22-16-10-13(18)4-7-15(16)19/h2-7,10-11,21H,8H2,1H3,(H,22,23). The lowest BCUT2D eigenvalue weighted by molar-refractivity contribution is -0.116. The summed E-state index contributed by atoms with van der Waals surface area (Å²) in [7, 11) is 0. The first-order valence-electron chi connectivity index (χ1n) is 6.98. The number of amides is 1. The number of halogens is 2. The van der Waals surface area contributed by atoms with Gasteiger partial charge in [-0.1, -0.05) is 12.1 Å². The van der Waals surface area contributed by atoms with Gasteiger partial charge in [-0.15, -0.1) is 0 Å². The van der Waals surface area contributed by atoms with Crippen molar-refractivity contribution in [3.8, 4) is 6.07 Å². The lowest BCUT2D eigenvalue weighted by Crippen LogP contribution is -2.32. The number of nitrogens with one attached hydrogen (secondary N) is 2. The van der Waals surface area contributed by atoms with Gasteiger partial charge in [-0.3, -0.25) is 4.79 Å². The molecule has 0 saturated heterocycles. The van der Waals surface area contributed by atoms with Crippen molar-refractivity contribution in [2.24, 2.45) is 0 Å². The highest BCUT2D eigenvalue weighted by Crippen LogP contribution is 2.16. The van der Waals surface area contributed by atoms with Gasteiger partial charge in [-0.05, 0) is 36.8 Å². The number of hydrogen-bond acceptors (Lipinski definition) is 3. The van der Waals surface area contributed by atoms with E-state index >= 15 is 0 Å². The summed E-state index contributed by atoms with van der Waals surface area (Å²) in [6, 6.07) is 11.3.